The lowest BCUT2D eigenvalue weighted by molar-refractivity contribution is 0.282. The molecule has 0 amide bonds. The molecule has 0 spiro atoms. The van der Waals surface area contributed by atoms with Gasteiger partial charge < -0.3 is 5.11 Å². The molecule has 0 bridgehead atoms. The van der Waals surface area contributed by atoms with Crippen LogP contribution in [0.1, 0.15) is 5.56 Å². The summed E-state index contributed by atoms with van der Waals surface area (Å²) in [6.45, 7) is 0.0742. The molecule has 5 aromatic carbocycles. The Morgan fingerprint density at radius 1 is 0.591 bits per heavy atom. The fourth-order valence-electron chi connectivity index (χ4n) is 3.81. The van der Waals surface area contributed by atoms with E-state index in [-0.39, 0.29) is 6.61 Å². The summed E-state index contributed by atoms with van der Waals surface area (Å²) in [4.78, 5) is 0. The second-order valence-electron chi connectivity index (χ2n) is 5.91. The van der Waals surface area contributed by atoms with Crippen molar-refractivity contribution in [2.24, 2.45) is 0 Å². The topological polar surface area (TPSA) is 20.2 Å². The maximum absolute atomic E-state index is 9.59. The molecule has 0 atom stereocenters. The molecule has 0 fully saturated rings. The van der Waals surface area contributed by atoms with E-state index in [9.17, 15) is 5.11 Å². The molecular formula is C21H14O. The van der Waals surface area contributed by atoms with E-state index in [0.717, 1.165) is 5.56 Å². The van der Waals surface area contributed by atoms with Gasteiger partial charge in [0.05, 0.1) is 6.61 Å². The Hall–Kier alpha value is -2.64. The first-order valence-corrected chi connectivity index (χ1v) is 7.56. The smallest absolute Gasteiger partial charge is 0.0682 e. The van der Waals surface area contributed by atoms with Gasteiger partial charge in [0, 0.05) is 0 Å². The molecule has 0 aliphatic heterocycles. The van der Waals surface area contributed by atoms with Crippen LogP contribution in [0.15, 0.2) is 66.7 Å². The van der Waals surface area contributed by atoms with Crippen LogP contribution in [0.5, 0.6) is 0 Å². The van der Waals surface area contributed by atoms with Gasteiger partial charge in [0.2, 0.25) is 0 Å². The normalized spacial score (nSPS) is 12.0. The summed E-state index contributed by atoms with van der Waals surface area (Å²) in [6, 6.07) is 23.7. The van der Waals surface area contributed by atoms with E-state index in [1.807, 2.05) is 0 Å². The van der Waals surface area contributed by atoms with Gasteiger partial charge in [-0.25, -0.2) is 0 Å². The SMILES string of the molecule is OCc1cc2cccc3c4cccc5cccc(c(c1)c23)c54. The molecule has 0 aromatic heterocycles. The number of benzene rings is 5. The maximum Gasteiger partial charge on any atom is 0.0682 e. The van der Waals surface area contributed by atoms with Crippen molar-refractivity contribution in [2.45, 2.75) is 6.61 Å². The highest BCUT2D eigenvalue weighted by Gasteiger charge is 2.12. The Bertz CT molecular complexity index is 1150. The van der Waals surface area contributed by atoms with Gasteiger partial charge in [-0.05, 0) is 60.8 Å². The Balaban J connectivity index is 2.23. The molecule has 0 saturated heterocycles. The molecule has 0 radical (unpaired) electrons. The third kappa shape index (κ3) is 1.41. The van der Waals surface area contributed by atoms with Gasteiger partial charge in [-0.2, -0.15) is 0 Å². The standard InChI is InChI=1S/C21H14O/c22-12-13-10-15-6-3-8-17-16-7-1-4-14-5-2-9-18(20(14)16)19(11-13)21(15)17/h1-11,22H,12H2. The molecule has 0 saturated carbocycles. The van der Waals surface area contributed by atoms with Crippen molar-refractivity contribution in [3.05, 3.63) is 72.3 Å². The zero-order valence-electron chi connectivity index (χ0n) is 12.0. The van der Waals surface area contributed by atoms with Gasteiger partial charge in [-0.15, -0.1) is 0 Å². The predicted molar refractivity (Wildman–Crippen MR) is 93.6 cm³/mol. The summed E-state index contributed by atoms with van der Waals surface area (Å²) >= 11 is 0. The van der Waals surface area contributed by atoms with E-state index < -0.39 is 0 Å². The minimum Gasteiger partial charge on any atom is -0.392 e. The lowest BCUT2D eigenvalue weighted by Crippen LogP contribution is -1.89. The van der Waals surface area contributed by atoms with Gasteiger partial charge in [0.25, 0.3) is 0 Å². The minimum atomic E-state index is 0.0742. The summed E-state index contributed by atoms with van der Waals surface area (Å²) in [7, 11) is 0. The highest BCUT2D eigenvalue weighted by Crippen LogP contribution is 2.40. The van der Waals surface area contributed by atoms with E-state index in [2.05, 4.69) is 66.7 Å². The molecule has 0 heterocycles. The van der Waals surface area contributed by atoms with Crippen LogP contribution < -0.4 is 0 Å². The summed E-state index contributed by atoms with van der Waals surface area (Å²) in [5, 5.41) is 19.8. The number of aliphatic hydroxyl groups excluding tert-OH is 1. The number of fused-ring (bicyclic) bond motifs is 2. The van der Waals surface area contributed by atoms with E-state index in [0.29, 0.717) is 0 Å². The lowest BCUT2D eigenvalue weighted by atomic mass is 9.89. The van der Waals surface area contributed by atoms with Gasteiger partial charge in [0.15, 0.2) is 0 Å². The van der Waals surface area contributed by atoms with Crippen molar-refractivity contribution >= 4 is 43.1 Å². The van der Waals surface area contributed by atoms with Crippen LogP contribution in [0.2, 0.25) is 0 Å². The minimum absolute atomic E-state index is 0.0742. The summed E-state index contributed by atoms with van der Waals surface area (Å²) < 4.78 is 0. The number of hydrogen-bond donors (Lipinski definition) is 1. The molecule has 0 aliphatic carbocycles. The predicted octanol–water partition coefficient (Wildman–Crippen LogP) is 5.23. The van der Waals surface area contributed by atoms with Gasteiger partial charge in [0.1, 0.15) is 0 Å². The highest BCUT2D eigenvalue weighted by molar-refractivity contribution is 6.32. The van der Waals surface area contributed by atoms with Crippen LogP contribution in [0.4, 0.5) is 0 Å². The first-order chi connectivity index (χ1) is 10.9. The summed E-state index contributed by atoms with van der Waals surface area (Å²) in [6.07, 6.45) is 0. The molecule has 22 heavy (non-hydrogen) atoms. The molecule has 1 nitrogen and oxygen atoms in total. The van der Waals surface area contributed by atoms with Crippen LogP contribution in [0.25, 0.3) is 43.1 Å². The second-order valence-corrected chi connectivity index (χ2v) is 5.91. The molecule has 0 aliphatic rings. The zero-order chi connectivity index (χ0) is 14.7. The van der Waals surface area contributed by atoms with Crippen LogP contribution in [-0.4, -0.2) is 5.11 Å². The first kappa shape index (κ1) is 12.0. The average molecular weight is 282 g/mol. The number of aliphatic hydroxyl groups is 1. The van der Waals surface area contributed by atoms with Gasteiger partial charge >= 0.3 is 0 Å². The molecule has 1 N–H and O–H groups in total. The van der Waals surface area contributed by atoms with Crippen molar-refractivity contribution in [2.75, 3.05) is 0 Å². The molecule has 0 unspecified atom stereocenters. The Labute approximate surface area is 127 Å². The monoisotopic (exact) mass is 282 g/mol. The summed E-state index contributed by atoms with van der Waals surface area (Å²) in [5.41, 5.74) is 0.969. The van der Waals surface area contributed by atoms with E-state index >= 15 is 0 Å². The van der Waals surface area contributed by atoms with Crippen molar-refractivity contribution in [1.29, 1.82) is 0 Å². The lowest BCUT2D eigenvalue weighted by Gasteiger charge is -2.15. The third-order valence-electron chi connectivity index (χ3n) is 4.70. The summed E-state index contributed by atoms with van der Waals surface area (Å²) in [5.74, 6) is 0. The quantitative estimate of drug-likeness (QED) is 0.330. The average Bonchev–Trinajstić information content (AvgIpc) is 2.58. The molecule has 5 aromatic rings. The third-order valence-corrected chi connectivity index (χ3v) is 4.70. The molecule has 104 valence electrons. The number of hydrogen-bond acceptors (Lipinski definition) is 1. The fraction of sp³-hybridized carbons (Fsp3) is 0.0476. The van der Waals surface area contributed by atoms with Crippen LogP contribution in [0.3, 0.4) is 0 Å². The van der Waals surface area contributed by atoms with E-state index in [4.69, 9.17) is 0 Å². The Morgan fingerprint density at radius 3 is 1.77 bits per heavy atom. The largest absolute Gasteiger partial charge is 0.392 e. The molecule has 1 heteroatoms. The second kappa shape index (κ2) is 4.19. The van der Waals surface area contributed by atoms with Crippen molar-refractivity contribution in [3.63, 3.8) is 0 Å². The van der Waals surface area contributed by atoms with Crippen LogP contribution >= 0.6 is 0 Å². The molecular weight excluding hydrogens is 268 g/mol. The van der Waals surface area contributed by atoms with Gasteiger partial charge in [-0.1, -0.05) is 54.6 Å². The van der Waals surface area contributed by atoms with E-state index in [1.54, 1.807) is 0 Å². The Morgan fingerprint density at radius 2 is 1.14 bits per heavy atom. The maximum atomic E-state index is 9.59. The van der Waals surface area contributed by atoms with Crippen LogP contribution in [0, 0.1) is 0 Å². The first-order valence-electron chi connectivity index (χ1n) is 7.56. The van der Waals surface area contributed by atoms with Crippen molar-refractivity contribution in [1.82, 2.24) is 0 Å². The van der Waals surface area contributed by atoms with Crippen molar-refractivity contribution < 1.29 is 5.11 Å². The highest BCUT2D eigenvalue weighted by atomic mass is 16.3. The van der Waals surface area contributed by atoms with Crippen molar-refractivity contribution in [3.8, 4) is 0 Å². The van der Waals surface area contributed by atoms with Gasteiger partial charge in [-0.3, -0.25) is 0 Å². The zero-order valence-corrected chi connectivity index (χ0v) is 12.0. The number of rotatable bonds is 1. The fourth-order valence-corrected chi connectivity index (χ4v) is 3.81. The Kier molecular flexibility index (Phi) is 2.28. The van der Waals surface area contributed by atoms with Crippen LogP contribution in [-0.2, 0) is 6.61 Å². The molecule has 5 rings (SSSR count). The van der Waals surface area contributed by atoms with E-state index in [1.165, 1.54) is 43.1 Å².